The van der Waals surface area contributed by atoms with Gasteiger partial charge in [0.1, 0.15) is 11.8 Å². The van der Waals surface area contributed by atoms with Crippen molar-refractivity contribution >= 4 is 29.3 Å². The summed E-state index contributed by atoms with van der Waals surface area (Å²) < 4.78 is 5.09. The van der Waals surface area contributed by atoms with Gasteiger partial charge in [-0.3, -0.25) is 29.5 Å². The van der Waals surface area contributed by atoms with Crippen LogP contribution in [-0.2, 0) is 32.1 Å². The summed E-state index contributed by atoms with van der Waals surface area (Å²) in [6.07, 6.45) is 1.51. The lowest BCUT2D eigenvalue weighted by molar-refractivity contribution is -0.139. The molecule has 172 valence electrons. The Hall–Kier alpha value is -3.72. The number of nitrogens with zero attached hydrogens (tertiary/aromatic N) is 2. The Morgan fingerprint density at radius 1 is 1.00 bits per heavy atom. The SMILES string of the molecule is COc1ccc(CC(=O)NN[C@H]2CC(=O)N(Cc3ccc(N4CCCC4=O)cc3)C2=O)cc1. The van der Waals surface area contributed by atoms with Gasteiger partial charge in [0, 0.05) is 18.7 Å². The molecule has 2 heterocycles. The molecule has 2 saturated heterocycles. The molecule has 2 aromatic carbocycles. The number of imide groups is 1. The first-order valence-electron chi connectivity index (χ1n) is 10.9. The molecular formula is C24H26N4O5. The fraction of sp³-hybridized carbons (Fsp3) is 0.333. The Morgan fingerprint density at radius 2 is 1.70 bits per heavy atom. The van der Waals surface area contributed by atoms with E-state index in [0.717, 1.165) is 23.2 Å². The zero-order valence-electron chi connectivity index (χ0n) is 18.4. The smallest absolute Gasteiger partial charge is 0.248 e. The molecule has 2 aliphatic heterocycles. The molecule has 2 aliphatic rings. The van der Waals surface area contributed by atoms with E-state index >= 15 is 0 Å². The topological polar surface area (TPSA) is 108 Å². The maximum atomic E-state index is 12.7. The normalized spacial score (nSPS) is 18.2. The molecule has 0 bridgehead atoms. The Balaban J connectivity index is 1.29. The van der Waals surface area contributed by atoms with Gasteiger partial charge in [0.25, 0.3) is 0 Å². The molecule has 0 spiro atoms. The predicted octanol–water partition coefficient (Wildman–Crippen LogP) is 1.31. The lowest BCUT2D eigenvalue weighted by atomic mass is 10.1. The standard InChI is InChI=1S/C24H26N4O5/c1-33-19-10-6-16(7-11-19)13-21(29)26-25-20-14-23(31)28(24(20)32)15-17-4-8-18(9-5-17)27-12-2-3-22(27)30/h4-11,20,25H,2-3,12-15H2,1H3,(H,26,29)/t20-/m0/s1. The highest BCUT2D eigenvalue weighted by Gasteiger charge is 2.38. The van der Waals surface area contributed by atoms with Gasteiger partial charge in [-0.15, -0.1) is 0 Å². The van der Waals surface area contributed by atoms with Crippen LogP contribution in [0.1, 0.15) is 30.4 Å². The van der Waals surface area contributed by atoms with E-state index in [1.165, 1.54) is 4.90 Å². The fourth-order valence-corrected chi connectivity index (χ4v) is 3.99. The minimum atomic E-state index is -0.807. The van der Waals surface area contributed by atoms with Crippen molar-refractivity contribution in [1.82, 2.24) is 15.8 Å². The Morgan fingerprint density at radius 3 is 2.33 bits per heavy atom. The number of carbonyl (C=O) groups excluding carboxylic acids is 4. The van der Waals surface area contributed by atoms with Gasteiger partial charge >= 0.3 is 0 Å². The van der Waals surface area contributed by atoms with Crippen molar-refractivity contribution in [2.24, 2.45) is 0 Å². The number of methoxy groups -OCH3 is 1. The number of amides is 4. The van der Waals surface area contributed by atoms with Gasteiger partial charge in [0.15, 0.2) is 0 Å². The van der Waals surface area contributed by atoms with Crippen LogP contribution in [0.2, 0.25) is 0 Å². The van der Waals surface area contributed by atoms with Gasteiger partial charge in [-0.05, 0) is 41.8 Å². The molecule has 1 atom stereocenters. The molecule has 2 aromatic rings. The Bertz CT molecular complexity index is 1050. The highest BCUT2D eigenvalue weighted by atomic mass is 16.5. The second-order valence-electron chi connectivity index (χ2n) is 8.11. The molecule has 4 rings (SSSR count). The summed E-state index contributed by atoms with van der Waals surface area (Å²) >= 11 is 0. The summed E-state index contributed by atoms with van der Waals surface area (Å²) in [6, 6.07) is 13.6. The van der Waals surface area contributed by atoms with Crippen molar-refractivity contribution in [3.05, 3.63) is 59.7 Å². The van der Waals surface area contributed by atoms with E-state index in [1.54, 1.807) is 36.3 Å². The lowest BCUT2D eigenvalue weighted by Gasteiger charge is -2.18. The molecular weight excluding hydrogens is 424 g/mol. The van der Waals surface area contributed by atoms with Crippen LogP contribution in [-0.4, -0.2) is 48.2 Å². The average Bonchev–Trinajstić information content (AvgIpc) is 3.36. The summed E-state index contributed by atoms with van der Waals surface area (Å²) in [5.41, 5.74) is 7.62. The van der Waals surface area contributed by atoms with Gasteiger partial charge in [-0.2, -0.15) is 0 Å². The fourth-order valence-electron chi connectivity index (χ4n) is 3.99. The van der Waals surface area contributed by atoms with Crippen molar-refractivity contribution in [2.45, 2.75) is 38.3 Å². The van der Waals surface area contributed by atoms with Crippen LogP contribution in [0.5, 0.6) is 5.75 Å². The number of hydrogen-bond acceptors (Lipinski definition) is 6. The van der Waals surface area contributed by atoms with Gasteiger partial charge in [-0.25, -0.2) is 5.43 Å². The number of hydrazine groups is 1. The molecule has 2 fully saturated rings. The number of anilines is 1. The molecule has 0 radical (unpaired) electrons. The first-order valence-corrected chi connectivity index (χ1v) is 10.9. The third kappa shape index (κ3) is 5.20. The number of nitrogens with one attached hydrogen (secondary N) is 2. The number of carbonyl (C=O) groups is 4. The molecule has 0 unspecified atom stereocenters. The van der Waals surface area contributed by atoms with E-state index in [2.05, 4.69) is 10.9 Å². The van der Waals surface area contributed by atoms with Crippen molar-refractivity contribution < 1.29 is 23.9 Å². The predicted molar refractivity (Wildman–Crippen MR) is 120 cm³/mol. The summed E-state index contributed by atoms with van der Waals surface area (Å²) in [6.45, 7) is 0.850. The second-order valence-corrected chi connectivity index (χ2v) is 8.11. The van der Waals surface area contributed by atoms with Crippen LogP contribution in [0, 0.1) is 0 Å². The molecule has 4 amide bonds. The molecule has 2 N–H and O–H groups in total. The monoisotopic (exact) mass is 450 g/mol. The molecule has 33 heavy (non-hydrogen) atoms. The van der Waals surface area contributed by atoms with E-state index in [1.807, 2.05) is 24.3 Å². The third-order valence-electron chi connectivity index (χ3n) is 5.82. The van der Waals surface area contributed by atoms with Crippen LogP contribution in [0.25, 0.3) is 0 Å². The molecule has 9 nitrogen and oxygen atoms in total. The van der Waals surface area contributed by atoms with E-state index in [4.69, 9.17) is 4.74 Å². The number of benzene rings is 2. The zero-order chi connectivity index (χ0) is 23.4. The van der Waals surface area contributed by atoms with E-state index in [-0.39, 0.29) is 43.0 Å². The van der Waals surface area contributed by atoms with Crippen molar-refractivity contribution in [3.63, 3.8) is 0 Å². The highest BCUT2D eigenvalue weighted by Crippen LogP contribution is 2.23. The molecule has 0 aliphatic carbocycles. The van der Waals surface area contributed by atoms with E-state index in [9.17, 15) is 19.2 Å². The summed E-state index contributed by atoms with van der Waals surface area (Å²) in [4.78, 5) is 52.1. The quantitative estimate of drug-likeness (QED) is 0.464. The average molecular weight is 450 g/mol. The largest absolute Gasteiger partial charge is 0.497 e. The van der Waals surface area contributed by atoms with Crippen LogP contribution in [0.4, 0.5) is 5.69 Å². The van der Waals surface area contributed by atoms with Crippen molar-refractivity contribution in [3.8, 4) is 5.75 Å². The number of rotatable bonds is 8. The number of ether oxygens (including phenoxy) is 1. The van der Waals surface area contributed by atoms with Gasteiger partial charge in [-0.1, -0.05) is 24.3 Å². The van der Waals surface area contributed by atoms with Crippen molar-refractivity contribution in [1.29, 1.82) is 0 Å². The zero-order valence-corrected chi connectivity index (χ0v) is 18.4. The van der Waals surface area contributed by atoms with Crippen LogP contribution < -0.4 is 20.5 Å². The molecule has 0 saturated carbocycles. The summed E-state index contributed by atoms with van der Waals surface area (Å²) in [5, 5.41) is 0. The maximum Gasteiger partial charge on any atom is 0.248 e. The highest BCUT2D eigenvalue weighted by molar-refractivity contribution is 6.05. The summed E-state index contributed by atoms with van der Waals surface area (Å²) in [5.74, 6) is -0.197. The first kappa shape index (κ1) is 22.5. The van der Waals surface area contributed by atoms with Crippen molar-refractivity contribution in [2.75, 3.05) is 18.6 Å². The van der Waals surface area contributed by atoms with Gasteiger partial charge < -0.3 is 9.64 Å². The maximum absolute atomic E-state index is 12.7. The first-order chi connectivity index (χ1) is 15.9. The van der Waals surface area contributed by atoms with Crippen LogP contribution in [0.3, 0.4) is 0 Å². The van der Waals surface area contributed by atoms with Crippen LogP contribution >= 0.6 is 0 Å². The van der Waals surface area contributed by atoms with E-state index in [0.29, 0.717) is 18.7 Å². The third-order valence-corrected chi connectivity index (χ3v) is 5.82. The minimum absolute atomic E-state index is 0.0258. The number of hydrogen-bond donors (Lipinski definition) is 2. The molecule has 0 aromatic heterocycles. The minimum Gasteiger partial charge on any atom is -0.497 e. The molecule has 9 heteroatoms. The van der Waals surface area contributed by atoms with Gasteiger partial charge in [0.2, 0.25) is 23.6 Å². The Kier molecular flexibility index (Phi) is 6.69. The van der Waals surface area contributed by atoms with E-state index < -0.39 is 6.04 Å². The lowest BCUT2D eigenvalue weighted by Crippen LogP contribution is -2.48. The van der Waals surface area contributed by atoms with Crippen LogP contribution in [0.15, 0.2) is 48.5 Å². The second kappa shape index (κ2) is 9.83. The number of likely N-dealkylation sites (tertiary alicyclic amines) is 1. The summed E-state index contributed by atoms with van der Waals surface area (Å²) in [7, 11) is 1.57. The van der Waals surface area contributed by atoms with Gasteiger partial charge in [0.05, 0.1) is 26.5 Å². The Labute approximate surface area is 191 Å².